The topological polar surface area (TPSA) is 70.5 Å². The van der Waals surface area contributed by atoms with E-state index in [1.54, 1.807) is 0 Å². The molecule has 1 aromatic heterocycles. The Morgan fingerprint density at radius 3 is 2.37 bits per heavy atom. The molecule has 1 aliphatic heterocycles. The lowest BCUT2D eigenvalue weighted by atomic mass is 9.97. The summed E-state index contributed by atoms with van der Waals surface area (Å²) in [6, 6.07) is 3.32. The van der Waals surface area contributed by atoms with E-state index >= 15 is 0 Å². The highest BCUT2D eigenvalue weighted by atomic mass is 16.4. The molecule has 102 valence electrons. The van der Waals surface area contributed by atoms with E-state index in [2.05, 4.69) is 4.98 Å². The second-order valence-corrected chi connectivity index (χ2v) is 5.08. The molecule has 2 rings (SSSR count). The molecule has 1 amide bonds. The lowest BCUT2D eigenvalue weighted by molar-refractivity contribution is 0.0503. The maximum Gasteiger partial charge on any atom is 0.337 e. The summed E-state index contributed by atoms with van der Waals surface area (Å²) in [6.07, 6.45) is 4.37. The normalized spacial score (nSPS) is 23.2. The molecule has 1 fully saturated rings. The lowest BCUT2D eigenvalue weighted by Crippen LogP contribution is -2.47. The number of hydrogen-bond donors (Lipinski definition) is 1. The first kappa shape index (κ1) is 13.5. The van der Waals surface area contributed by atoms with Crippen molar-refractivity contribution in [1.82, 2.24) is 9.88 Å². The van der Waals surface area contributed by atoms with Crippen LogP contribution in [0.3, 0.4) is 0 Å². The van der Waals surface area contributed by atoms with E-state index < -0.39 is 5.97 Å². The zero-order valence-electron chi connectivity index (χ0n) is 11.2. The Hall–Kier alpha value is -1.91. The van der Waals surface area contributed by atoms with Crippen LogP contribution in [0.15, 0.2) is 18.3 Å². The summed E-state index contributed by atoms with van der Waals surface area (Å²) in [5, 5.41) is 8.81. The highest BCUT2D eigenvalue weighted by molar-refractivity contribution is 5.94. The van der Waals surface area contributed by atoms with Gasteiger partial charge in [-0.15, -0.1) is 0 Å². The van der Waals surface area contributed by atoms with Gasteiger partial charge in [-0.1, -0.05) is 0 Å². The number of aromatic carboxylic acids is 1. The molecule has 0 spiro atoms. The van der Waals surface area contributed by atoms with Gasteiger partial charge in [-0.25, -0.2) is 4.79 Å². The lowest BCUT2D eigenvalue weighted by Gasteiger charge is -2.38. The average molecular weight is 262 g/mol. The minimum absolute atomic E-state index is 0.0938. The van der Waals surface area contributed by atoms with Crippen LogP contribution in [0, 0.1) is 0 Å². The maximum atomic E-state index is 12.4. The summed E-state index contributed by atoms with van der Waals surface area (Å²) >= 11 is 0. The number of hydrogen-bond acceptors (Lipinski definition) is 3. The van der Waals surface area contributed by atoms with Gasteiger partial charge in [0.05, 0.1) is 5.56 Å². The number of amides is 1. The third-order valence-corrected chi connectivity index (χ3v) is 3.66. The van der Waals surface area contributed by atoms with Gasteiger partial charge in [0, 0.05) is 18.3 Å². The molecule has 0 bridgehead atoms. The number of pyridine rings is 1. The Balaban J connectivity index is 2.20. The predicted molar refractivity (Wildman–Crippen MR) is 70.1 cm³/mol. The monoisotopic (exact) mass is 262 g/mol. The molecule has 0 radical (unpaired) electrons. The van der Waals surface area contributed by atoms with E-state index in [1.165, 1.54) is 18.3 Å². The summed E-state index contributed by atoms with van der Waals surface area (Å²) in [6.45, 7) is 4.08. The standard InChI is InChI=1S/C14H18N2O3/c1-9-4-3-5-10(2)16(9)13(17)12-7-6-11(8-15-12)14(18)19/h6-10H,3-5H2,1-2H3,(H,18,19). The molecular weight excluding hydrogens is 244 g/mol. The summed E-state index contributed by atoms with van der Waals surface area (Å²) < 4.78 is 0. The highest BCUT2D eigenvalue weighted by Gasteiger charge is 2.30. The van der Waals surface area contributed by atoms with Gasteiger partial charge in [0.15, 0.2) is 0 Å². The second-order valence-electron chi connectivity index (χ2n) is 5.08. The van der Waals surface area contributed by atoms with E-state index in [9.17, 15) is 9.59 Å². The number of likely N-dealkylation sites (tertiary alicyclic amines) is 1. The van der Waals surface area contributed by atoms with Gasteiger partial charge in [-0.05, 0) is 45.2 Å². The SMILES string of the molecule is CC1CCCC(C)N1C(=O)c1ccc(C(=O)O)cn1. The van der Waals surface area contributed by atoms with E-state index in [4.69, 9.17) is 5.11 Å². The zero-order chi connectivity index (χ0) is 14.0. The van der Waals surface area contributed by atoms with Crippen LogP contribution in [0.4, 0.5) is 0 Å². The van der Waals surface area contributed by atoms with Crippen molar-refractivity contribution >= 4 is 11.9 Å². The summed E-state index contributed by atoms with van der Waals surface area (Å²) in [7, 11) is 0. The molecule has 2 heterocycles. The third-order valence-electron chi connectivity index (χ3n) is 3.66. The van der Waals surface area contributed by atoms with E-state index in [1.807, 2.05) is 18.7 Å². The summed E-state index contributed by atoms with van der Waals surface area (Å²) in [5.74, 6) is -1.15. The first-order valence-corrected chi connectivity index (χ1v) is 6.52. The van der Waals surface area contributed by atoms with Gasteiger partial charge in [-0.2, -0.15) is 0 Å². The van der Waals surface area contributed by atoms with E-state index in [0.29, 0.717) is 5.69 Å². The van der Waals surface area contributed by atoms with Gasteiger partial charge in [0.2, 0.25) is 0 Å². The quantitative estimate of drug-likeness (QED) is 0.886. The fourth-order valence-electron chi connectivity index (χ4n) is 2.60. The van der Waals surface area contributed by atoms with Crippen LogP contribution in [0.5, 0.6) is 0 Å². The van der Waals surface area contributed by atoms with E-state index in [0.717, 1.165) is 19.3 Å². The number of rotatable bonds is 2. The second kappa shape index (κ2) is 5.38. The van der Waals surface area contributed by atoms with Gasteiger partial charge in [0.25, 0.3) is 5.91 Å². The number of carboxylic acid groups (broad SMARTS) is 1. The Morgan fingerprint density at radius 2 is 1.89 bits per heavy atom. The number of piperidine rings is 1. The van der Waals surface area contributed by atoms with Crippen LogP contribution in [0.25, 0.3) is 0 Å². The molecule has 1 aliphatic rings. The largest absolute Gasteiger partial charge is 0.478 e. The highest BCUT2D eigenvalue weighted by Crippen LogP contribution is 2.24. The fourth-order valence-corrected chi connectivity index (χ4v) is 2.60. The first-order chi connectivity index (χ1) is 9.00. The number of carboxylic acids is 1. The van der Waals surface area contributed by atoms with Crippen LogP contribution in [0.1, 0.15) is 54.0 Å². The average Bonchev–Trinajstić information content (AvgIpc) is 2.38. The van der Waals surface area contributed by atoms with Crippen molar-refractivity contribution in [3.8, 4) is 0 Å². The molecule has 2 unspecified atom stereocenters. The van der Waals surface area contributed by atoms with Gasteiger partial charge >= 0.3 is 5.97 Å². The molecule has 1 N–H and O–H groups in total. The Morgan fingerprint density at radius 1 is 1.26 bits per heavy atom. The van der Waals surface area contributed by atoms with E-state index in [-0.39, 0.29) is 23.6 Å². The van der Waals surface area contributed by atoms with Crippen molar-refractivity contribution in [3.63, 3.8) is 0 Å². The van der Waals surface area contributed by atoms with Crippen molar-refractivity contribution in [1.29, 1.82) is 0 Å². The zero-order valence-corrected chi connectivity index (χ0v) is 11.2. The minimum Gasteiger partial charge on any atom is -0.478 e. The number of carbonyl (C=O) groups excluding carboxylic acids is 1. The van der Waals surface area contributed by atoms with Crippen molar-refractivity contribution < 1.29 is 14.7 Å². The van der Waals surface area contributed by atoms with Crippen molar-refractivity contribution in [2.45, 2.75) is 45.2 Å². The van der Waals surface area contributed by atoms with Gasteiger partial charge in [0.1, 0.15) is 5.69 Å². The Bertz CT molecular complexity index is 474. The molecule has 0 aliphatic carbocycles. The third kappa shape index (κ3) is 2.75. The first-order valence-electron chi connectivity index (χ1n) is 6.52. The fraction of sp³-hybridized carbons (Fsp3) is 0.500. The molecular formula is C14H18N2O3. The van der Waals surface area contributed by atoms with Crippen LogP contribution < -0.4 is 0 Å². The number of nitrogens with zero attached hydrogens (tertiary/aromatic N) is 2. The van der Waals surface area contributed by atoms with Crippen molar-refractivity contribution in [2.75, 3.05) is 0 Å². The maximum absolute atomic E-state index is 12.4. The molecule has 19 heavy (non-hydrogen) atoms. The minimum atomic E-state index is -1.04. The Labute approximate surface area is 112 Å². The Kier molecular flexibility index (Phi) is 3.83. The van der Waals surface area contributed by atoms with Crippen molar-refractivity contribution in [2.24, 2.45) is 0 Å². The summed E-state index contributed by atoms with van der Waals surface area (Å²) in [4.78, 5) is 29.0. The number of aromatic nitrogens is 1. The molecule has 0 saturated carbocycles. The molecule has 1 aromatic rings. The predicted octanol–water partition coefficient (Wildman–Crippen LogP) is 2.18. The van der Waals surface area contributed by atoms with Crippen LogP contribution in [0.2, 0.25) is 0 Å². The molecule has 2 atom stereocenters. The van der Waals surface area contributed by atoms with Gasteiger partial charge < -0.3 is 10.0 Å². The van der Waals surface area contributed by atoms with Crippen molar-refractivity contribution in [3.05, 3.63) is 29.6 Å². The van der Waals surface area contributed by atoms with Crippen LogP contribution in [-0.4, -0.2) is 39.0 Å². The number of carbonyl (C=O) groups is 2. The van der Waals surface area contributed by atoms with Crippen LogP contribution >= 0.6 is 0 Å². The van der Waals surface area contributed by atoms with Gasteiger partial charge in [-0.3, -0.25) is 9.78 Å². The summed E-state index contributed by atoms with van der Waals surface area (Å²) in [5.41, 5.74) is 0.405. The molecule has 0 aromatic carbocycles. The smallest absolute Gasteiger partial charge is 0.337 e. The van der Waals surface area contributed by atoms with Crippen LogP contribution in [-0.2, 0) is 0 Å². The molecule has 1 saturated heterocycles. The molecule has 5 heteroatoms. The molecule has 5 nitrogen and oxygen atoms in total.